The zero-order valence-electron chi connectivity index (χ0n) is 15.8. The molecule has 3 atom stereocenters. The summed E-state index contributed by atoms with van der Waals surface area (Å²) in [6, 6.07) is 1.20. The van der Waals surface area contributed by atoms with Crippen molar-refractivity contribution in [2.45, 2.75) is 75.8 Å². The Bertz CT molecular complexity index is 529. The number of morpholine rings is 1. The maximum atomic E-state index is 5.68. The van der Waals surface area contributed by atoms with Crippen molar-refractivity contribution in [1.29, 1.82) is 0 Å². The fourth-order valence-electron chi connectivity index (χ4n) is 4.97. The summed E-state index contributed by atoms with van der Waals surface area (Å²) in [5, 5.41) is 11.1. The summed E-state index contributed by atoms with van der Waals surface area (Å²) in [5.41, 5.74) is 1.38. The second-order valence-electron chi connectivity index (χ2n) is 8.04. The van der Waals surface area contributed by atoms with Crippen LogP contribution in [0.15, 0.2) is 5.38 Å². The first kappa shape index (κ1) is 20.5. The summed E-state index contributed by atoms with van der Waals surface area (Å²) in [6.07, 6.45) is 12.0. The van der Waals surface area contributed by atoms with Crippen molar-refractivity contribution in [2.75, 3.05) is 26.3 Å². The van der Waals surface area contributed by atoms with Gasteiger partial charge in [0, 0.05) is 42.9 Å². The topological polar surface area (TPSA) is 46.2 Å². The molecule has 3 unspecified atom stereocenters. The standard InChI is InChI=1S/C20H33N3OS.ClH/c1-2-5-15(6-3-1)19-14-25-20(23-19)9-10-21-17-8-4-7-16(17)18-13-24-12-11-22-18;/h14-18,21-22H,1-13H2;1H. The van der Waals surface area contributed by atoms with Gasteiger partial charge in [-0.15, -0.1) is 23.7 Å². The summed E-state index contributed by atoms with van der Waals surface area (Å²) in [6.45, 7) is 3.83. The zero-order chi connectivity index (χ0) is 16.9. The maximum Gasteiger partial charge on any atom is 0.0941 e. The SMILES string of the molecule is Cl.c1sc(CCNC2CCCC2C2COCCN2)nc1C1CCCCC1. The average Bonchev–Trinajstić information content (AvgIpc) is 3.33. The molecular formula is C20H34ClN3OS. The van der Waals surface area contributed by atoms with E-state index in [1.165, 1.54) is 62.1 Å². The minimum atomic E-state index is 0. The quantitative estimate of drug-likeness (QED) is 0.761. The molecule has 0 radical (unpaired) electrons. The Hall–Kier alpha value is -0.200. The Morgan fingerprint density at radius 3 is 2.85 bits per heavy atom. The van der Waals surface area contributed by atoms with Crippen molar-refractivity contribution in [2.24, 2.45) is 5.92 Å². The van der Waals surface area contributed by atoms with Crippen molar-refractivity contribution in [3.8, 4) is 0 Å². The van der Waals surface area contributed by atoms with Crippen LogP contribution >= 0.6 is 23.7 Å². The van der Waals surface area contributed by atoms with E-state index in [-0.39, 0.29) is 12.4 Å². The van der Waals surface area contributed by atoms with Crippen molar-refractivity contribution < 1.29 is 4.74 Å². The van der Waals surface area contributed by atoms with E-state index in [1.807, 2.05) is 11.3 Å². The number of nitrogens with one attached hydrogen (secondary N) is 2. The second-order valence-corrected chi connectivity index (χ2v) is 8.98. The number of thiazole rings is 1. The van der Waals surface area contributed by atoms with Crippen molar-refractivity contribution in [3.05, 3.63) is 16.1 Å². The van der Waals surface area contributed by atoms with Crippen molar-refractivity contribution in [3.63, 3.8) is 0 Å². The molecule has 2 N–H and O–H groups in total. The number of rotatable bonds is 6. The lowest BCUT2D eigenvalue weighted by Gasteiger charge is -2.33. The number of hydrogen-bond acceptors (Lipinski definition) is 5. The van der Waals surface area contributed by atoms with Crippen LogP contribution in [0.4, 0.5) is 0 Å². The molecule has 1 saturated heterocycles. The van der Waals surface area contributed by atoms with Crippen molar-refractivity contribution in [1.82, 2.24) is 15.6 Å². The van der Waals surface area contributed by atoms with Gasteiger partial charge in [0.1, 0.15) is 0 Å². The summed E-state index contributed by atoms with van der Waals surface area (Å²) in [7, 11) is 0. The monoisotopic (exact) mass is 399 g/mol. The van der Waals surface area contributed by atoms with Crippen LogP contribution < -0.4 is 10.6 Å². The van der Waals surface area contributed by atoms with E-state index >= 15 is 0 Å². The van der Waals surface area contributed by atoms with E-state index in [9.17, 15) is 0 Å². The number of ether oxygens (including phenoxy) is 1. The molecule has 0 aromatic carbocycles. The van der Waals surface area contributed by atoms with Gasteiger partial charge in [-0.05, 0) is 31.6 Å². The Morgan fingerprint density at radius 2 is 2.04 bits per heavy atom. The minimum absolute atomic E-state index is 0. The predicted octanol–water partition coefficient (Wildman–Crippen LogP) is 3.90. The summed E-state index contributed by atoms with van der Waals surface area (Å²) < 4.78 is 5.68. The molecule has 1 aliphatic heterocycles. The second kappa shape index (κ2) is 10.4. The largest absolute Gasteiger partial charge is 0.379 e. The van der Waals surface area contributed by atoms with Gasteiger partial charge in [0.05, 0.1) is 23.9 Å². The van der Waals surface area contributed by atoms with E-state index in [1.54, 1.807) is 0 Å². The fraction of sp³-hybridized carbons (Fsp3) is 0.850. The highest BCUT2D eigenvalue weighted by Gasteiger charge is 2.34. The average molecular weight is 400 g/mol. The molecular weight excluding hydrogens is 366 g/mol. The van der Waals surface area contributed by atoms with Crippen LogP contribution in [-0.4, -0.2) is 43.4 Å². The van der Waals surface area contributed by atoms with Gasteiger partial charge in [-0.3, -0.25) is 0 Å². The van der Waals surface area contributed by atoms with Crippen LogP contribution in [0.5, 0.6) is 0 Å². The summed E-state index contributed by atoms with van der Waals surface area (Å²) >= 11 is 1.87. The van der Waals surface area contributed by atoms with E-state index in [0.717, 1.165) is 44.6 Å². The Morgan fingerprint density at radius 1 is 1.15 bits per heavy atom. The molecule has 4 rings (SSSR count). The van der Waals surface area contributed by atoms with Gasteiger partial charge in [0.25, 0.3) is 0 Å². The molecule has 0 spiro atoms. The van der Waals surface area contributed by atoms with Gasteiger partial charge in [-0.2, -0.15) is 0 Å². The van der Waals surface area contributed by atoms with E-state index in [0.29, 0.717) is 12.1 Å². The normalized spacial score (nSPS) is 30.2. The molecule has 0 bridgehead atoms. The highest BCUT2D eigenvalue weighted by molar-refractivity contribution is 7.09. The highest BCUT2D eigenvalue weighted by Crippen LogP contribution is 2.33. The molecule has 2 saturated carbocycles. The Kier molecular flexibility index (Phi) is 8.19. The van der Waals surface area contributed by atoms with Crippen LogP contribution in [0.2, 0.25) is 0 Å². The molecule has 2 heterocycles. The molecule has 3 fully saturated rings. The highest BCUT2D eigenvalue weighted by atomic mass is 35.5. The van der Waals surface area contributed by atoms with Gasteiger partial charge >= 0.3 is 0 Å². The first-order valence-electron chi connectivity index (χ1n) is 10.4. The van der Waals surface area contributed by atoms with Gasteiger partial charge in [-0.25, -0.2) is 4.98 Å². The molecule has 1 aromatic heterocycles. The molecule has 26 heavy (non-hydrogen) atoms. The van der Waals surface area contributed by atoms with Crippen LogP contribution in [0.25, 0.3) is 0 Å². The maximum absolute atomic E-state index is 5.68. The van der Waals surface area contributed by atoms with Crippen LogP contribution in [-0.2, 0) is 11.2 Å². The number of halogens is 1. The van der Waals surface area contributed by atoms with Gasteiger partial charge in [0.15, 0.2) is 0 Å². The molecule has 148 valence electrons. The van der Waals surface area contributed by atoms with Crippen LogP contribution in [0, 0.1) is 5.92 Å². The number of aromatic nitrogens is 1. The zero-order valence-corrected chi connectivity index (χ0v) is 17.4. The van der Waals surface area contributed by atoms with E-state index in [4.69, 9.17) is 9.72 Å². The molecule has 3 aliphatic rings. The minimum Gasteiger partial charge on any atom is -0.379 e. The number of nitrogens with zero attached hydrogens (tertiary/aromatic N) is 1. The predicted molar refractivity (Wildman–Crippen MR) is 111 cm³/mol. The third-order valence-electron chi connectivity index (χ3n) is 6.37. The lowest BCUT2D eigenvalue weighted by atomic mass is 9.87. The van der Waals surface area contributed by atoms with E-state index < -0.39 is 0 Å². The summed E-state index contributed by atoms with van der Waals surface area (Å²) in [5.74, 6) is 1.47. The number of hydrogen-bond donors (Lipinski definition) is 2. The Labute approximate surface area is 168 Å². The lowest BCUT2D eigenvalue weighted by Crippen LogP contribution is -2.51. The molecule has 2 aliphatic carbocycles. The molecule has 1 aromatic rings. The summed E-state index contributed by atoms with van der Waals surface area (Å²) in [4.78, 5) is 4.95. The smallest absolute Gasteiger partial charge is 0.0941 e. The van der Waals surface area contributed by atoms with Crippen molar-refractivity contribution >= 4 is 23.7 Å². The Balaban J connectivity index is 0.00000196. The van der Waals surface area contributed by atoms with Crippen LogP contribution in [0.1, 0.15) is 68.0 Å². The third kappa shape index (κ3) is 5.20. The molecule has 6 heteroatoms. The van der Waals surface area contributed by atoms with Gasteiger partial charge < -0.3 is 15.4 Å². The lowest BCUT2D eigenvalue weighted by molar-refractivity contribution is 0.0526. The van der Waals surface area contributed by atoms with Gasteiger partial charge in [-0.1, -0.05) is 25.7 Å². The van der Waals surface area contributed by atoms with Gasteiger partial charge in [0.2, 0.25) is 0 Å². The van der Waals surface area contributed by atoms with E-state index in [2.05, 4.69) is 16.0 Å². The first-order valence-corrected chi connectivity index (χ1v) is 11.3. The molecule has 0 amide bonds. The fourth-order valence-corrected chi connectivity index (χ4v) is 5.85. The molecule has 4 nitrogen and oxygen atoms in total. The first-order chi connectivity index (χ1) is 12.4. The third-order valence-corrected chi connectivity index (χ3v) is 7.30. The van der Waals surface area contributed by atoms with Crippen LogP contribution in [0.3, 0.4) is 0 Å².